The minimum absolute atomic E-state index is 0.0573. The lowest BCUT2D eigenvalue weighted by Crippen LogP contribution is -2.14. The highest BCUT2D eigenvalue weighted by Crippen LogP contribution is 2.40. The van der Waals surface area contributed by atoms with Crippen LogP contribution in [0.5, 0.6) is 0 Å². The summed E-state index contributed by atoms with van der Waals surface area (Å²) in [6.45, 7) is 2.23. The van der Waals surface area contributed by atoms with Gasteiger partial charge in [-0.15, -0.1) is 0 Å². The zero-order valence-corrected chi connectivity index (χ0v) is 17.8. The van der Waals surface area contributed by atoms with Crippen molar-refractivity contribution in [2.24, 2.45) is 5.92 Å². The first-order chi connectivity index (χ1) is 14.6. The predicted molar refractivity (Wildman–Crippen MR) is 118 cm³/mol. The fourth-order valence-corrected chi connectivity index (χ4v) is 5.29. The summed E-state index contributed by atoms with van der Waals surface area (Å²) in [6.07, 6.45) is 12.1. The quantitative estimate of drug-likeness (QED) is 0.418. The first-order valence-corrected chi connectivity index (χ1v) is 11.5. The van der Waals surface area contributed by atoms with Gasteiger partial charge in [-0.05, 0) is 90.8 Å². The molecule has 0 aliphatic heterocycles. The molecule has 1 fully saturated rings. The van der Waals surface area contributed by atoms with Crippen molar-refractivity contribution in [1.29, 1.82) is 0 Å². The van der Waals surface area contributed by atoms with Crippen molar-refractivity contribution in [1.82, 2.24) is 0 Å². The molecule has 0 spiro atoms. The van der Waals surface area contributed by atoms with Crippen LogP contribution in [0.15, 0.2) is 30.3 Å². The Morgan fingerprint density at radius 3 is 2.30 bits per heavy atom. The van der Waals surface area contributed by atoms with Gasteiger partial charge in [-0.1, -0.05) is 50.8 Å². The summed E-state index contributed by atoms with van der Waals surface area (Å²) in [7, 11) is 0. The second-order valence-electron chi connectivity index (χ2n) is 9.05. The van der Waals surface area contributed by atoms with Crippen LogP contribution < -0.4 is 0 Å². The molecule has 0 radical (unpaired) electrons. The van der Waals surface area contributed by atoms with E-state index in [1.54, 1.807) is 30.3 Å². The first-order valence-electron chi connectivity index (χ1n) is 11.5. The maximum Gasteiger partial charge on any atom is 0.133 e. The molecule has 0 N–H and O–H groups in total. The second kappa shape index (κ2) is 9.41. The molecule has 4 rings (SSSR count). The van der Waals surface area contributed by atoms with Gasteiger partial charge in [-0.25, -0.2) is 13.2 Å². The molecule has 3 heteroatoms. The van der Waals surface area contributed by atoms with Crippen LogP contribution in [-0.4, -0.2) is 0 Å². The largest absolute Gasteiger partial charge is 0.207 e. The van der Waals surface area contributed by atoms with E-state index in [-0.39, 0.29) is 17.3 Å². The van der Waals surface area contributed by atoms with Crippen molar-refractivity contribution in [3.63, 3.8) is 0 Å². The normalized spacial score (nSPS) is 21.3. The summed E-state index contributed by atoms with van der Waals surface area (Å²) >= 11 is 0. The van der Waals surface area contributed by atoms with Gasteiger partial charge in [0.15, 0.2) is 0 Å². The molecule has 2 aliphatic rings. The fourth-order valence-electron chi connectivity index (χ4n) is 5.29. The Kier molecular flexibility index (Phi) is 6.65. The van der Waals surface area contributed by atoms with Crippen LogP contribution in [0.25, 0.3) is 11.6 Å². The van der Waals surface area contributed by atoms with Gasteiger partial charge >= 0.3 is 0 Å². The van der Waals surface area contributed by atoms with E-state index in [0.717, 1.165) is 42.7 Å². The van der Waals surface area contributed by atoms with Crippen LogP contribution in [-0.2, 0) is 6.42 Å². The van der Waals surface area contributed by atoms with Crippen LogP contribution in [0.1, 0.15) is 92.9 Å². The molecule has 160 valence electrons. The summed E-state index contributed by atoms with van der Waals surface area (Å²) in [5.41, 5.74) is 2.83. The van der Waals surface area contributed by atoms with E-state index in [1.807, 2.05) is 0 Å². The maximum atomic E-state index is 15.0. The van der Waals surface area contributed by atoms with Crippen LogP contribution in [0.2, 0.25) is 0 Å². The SMILES string of the molecule is CCCCCC1CCC(c2cc(F)c(C3=Cc4cccc(F)c4CC3)c(F)c2)CC1. The molecule has 0 bridgehead atoms. The molecule has 2 aliphatic carbocycles. The lowest BCUT2D eigenvalue weighted by atomic mass is 9.76. The van der Waals surface area contributed by atoms with Crippen LogP contribution in [0.4, 0.5) is 13.2 Å². The molecular formula is C27H31F3. The van der Waals surface area contributed by atoms with Crippen molar-refractivity contribution in [2.75, 3.05) is 0 Å². The van der Waals surface area contributed by atoms with Gasteiger partial charge < -0.3 is 0 Å². The molecule has 2 aromatic rings. The maximum absolute atomic E-state index is 15.0. The molecule has 0 amide bonds. The summed E-state index contributed by atoms with van der Waals surface area (Å²) in [5.74, 6) is -0.193. The van der Waals surface area contributed by atoms with Crippen LogP contribution in [0, 0.1) is 23.4 Å². The van der Waals surface area contributed by atoms with E-state index in [2.05, 4.69) is 6.92 Å². The van der Waals surface area contributed by atoms with Crippen molar-refractivity contribution in [3.8, 4) is 0 Å². The minimum atomic E-state index is -0.485. The Labute approximate surface area is 178 Å². The number of hydrogen-bond donors (Lipinski definition) is 0. The molecule has 0 aromatic heterocycles. The number of unbranched alkanes of at least 4 members (excludes halogenated alkanes) is 2. The van der Waals surface area contributed by atoms with E-state index in [9.17, 15) is 4.39 Å². The number of benzene rings is 2. The van der Waals surface area contributed by atoms with Crippen molar-refractivity contribution in [2.45, 2.75) is 77.0 Å². The van der Waals surface area contributed by atoms with Gasteiger partial charge in [0.25, 0.3) is 0 Å². The number of rotatable bonds is 6. The fraction of sp³-hybridized carbons (Fsp3) is 0.481. The zero-order chi connectivity index (χ0) is 21.1. The monoisotopic (exact) mass is 412 g/mol. The Bertz CT molecular complexity index is 897. The smallest absolute Gasteiger partial charge is 0.133 e. The van der Waals surface area contributed by atoms with Crippen molar-refractivity contribution >= 4 is 11.6 Å². The number of allylic oxidation sites excluding steroid dienone is 1. The average Bonchev–Trinajstić information content (AvgIpc) is 2.74. The Morgan fingerprint density at radius 1 is 0.867 bits per heavy atom. The Hall–Kier alpha value is -2.03. The minimum Gasteiger partial charge on any atom is -0.207 e. The van der Waals surface area contributed by atoms with Gasteiger partial charge in [0.05, 0.1) is 0 Å². The predicted octanol–water partition coefficient (Wildman–Crippen LogP) is 8.44. The van der Waals surface area contributed by atoms with Gasteiger partial charge in [-0.3, -0.25) is 0 Å². The average molecular weight is 413 g/mol. The molecule has 0 unspecified atom stereocenters. The van der Waals surface area contributed by atoms with E-state index < -0.39 is 11.6 Å². The molecular weight excluding hydrogens is 381 g/mol. The molecule has 0 heterocycles. The summed E-state index contributed by atoms with van der Waals surface area (Å²) in [4.78, 5) is 0. The van der Waals surface area contributed by atoms with E-state index in [4.69, 9.17) is 0 Å². The van der Waals surface area contributed by atoms with Crippen molar-refractivity contribution < 1.29 is 13.2 Å². The molecule has 1 saturated carbocycles. The lowest BCUT2D eigenvalue weighted by Gasteiger charge is -2.29. The Balaban J connectivity index is 1.50. The molecule has 30 heavy (non-hydrogen) atoms. The highest BCUT2D eigenvalue weighted by Gasteiger charge is 2.26. The Morgan fingerprint density at radius 2 is 1.60 bits per heavy atom. The second-order valence-corrected chi connectivity index (χ2v) is 9.05. The topological polar surface area (TPSA) is 0 Å². The van der Waals surface area contributed by atoms with E-state index in [0.29, 0.717) is 24.0 Å². The highest BCUT2D eigenvalue weighted by atomic mass is 19.1. The lowest BCUT2D eigenvalue weighted by molar-refractivity contribution is 0.302. The van der Waals surface area contributed by atoms with Gasteiger partial charge in [0.2, 0.25) is 0 Å². The molecule has 0 atom stereocenters. The van der Waals surface area contributed by atoms with Gasteiger partial charge in [0, 0.05) is 5.56 Å². The summed E-state index contributed by atoms with van der Waals surface area (Å²) in [5, 5.41) is 0. The third-order valence-electron chi connectivity index (χ3n) is 7.05. The molecule has 0 nitrogen and oxygen atoms in total. The third-order valence-corrected chi connectivity index (χ3v) is 7.05. The van der Waals surface area contributed by atoms with Gasteiger partial charge in [-0.2, -0.15) is 0 Å². The van der Waals surface area contributed by atoms with Crippen LogP contribution in [0.3, 0.4) is 0 Å². The summed E-state index contributed by atoms with van der Waals surface area (Å²) in [6, 6.07) is 7.97. The number of fused-ring (bicyclic) bond motifs is 1. The highest BCUT2D eigenvalue weighted by molar-refractivity contribution is 5.85. The van der Waals surface area contributed by atoms with Crippen LogP contribution >= 0.6 is 0 Å². The van der Waals surface area contributed by atoms with E-state index in [1.165, 1.54) is 31.7 Å². The number of halogens is 3. The number of hydrogen-bond acceptors (Lipinski definition) is 0. The molecule has 0 saturated heterocycles. The zero-order valence-electron chi connectivity index (χ0n) is 17.8. The summed E-state index contributed by atoms with van der Waals surface area (Å²) < 4.78 is 44.0. The van der Waals surface area contributed by atoms with E-state index >= 15 is 8.78 Å². The standard InChI is InChI=1S/C27H31F3/c1-2-3-4-6-18-9-11-19(12-10-18)22-16-25(29)27(26(30)17-22)21-13-14-23-20(15-21)7-5-8-24(23)28/h5,7-8,15-19H,2-4,6,9-14H2,1H3. The first kappa shape index (κ1) is 21.2. The van der Waals surface area contributed by atoms with Crippen molar-refractivity contribution in [3.05, 3.63) is 70.0 Å². The third kappa shape index (κ3) is 4.50. The van der Waals surface area contributed by atoms with Gasteiger partial charge in [0.1, 0.15) is 17.5 Å². The molecule has 2 aromatic carbocycles.